The van der Waals surface area contributed by atoms with E-state index in [0.717, 1.165) is 4.57 Å². The van der Waals surface area contributed by atoms with Crippen molar-refractivity contribution in [2.45, 2.75) is 19.6 Å². The van der Waals surface area contributed by atoms with Crippen molar-refractivity contribution in [3.63, 3.8) is 0 Å². The third-order valence-corrected chi connectivity index (χ3v) is 3.41. The van der Waals surface area contributed by atoms with E-state index in [1.165, 1.54) is 6.92 Å². The summed E-state index contributed by atoms with van der Waals surface area (Å²) < 4.78 is 39.4. The lowest BCUT2D eigenvalue weighted by molar-refractivity contribution is -0.143. The molecule has 1 aromatic heterocycles. The van der Waals surface area contributed by atoms with Crippen LogP contribution in [0.5, 0.6) is 0 Å². The Hall–Kier alpha value is -1.56. The molecule has 0 aliphatic heterocycles. The number of alkyl halides is 3. The second-order valence-electron chi connectivity index (χ2n) is 3.84. The number of nitrogens with zero attached hydrogens (tertiary/aromatic N) is 1. The average molecular weight is 273 g/mol. The van der Waals surface area contributed by atoms with Gasteiger partial charge in [-0.1, -0.05) is 41.7 Å². The molecule has 0 N–H and O–H groups in total. The summed E-state index contributed by atoms with van der Waals surface area (Å²) in [6.45, 7) is 1.26. The first-order valence-electron chi connectivity index (χ1n) is 5.21. The van der Waals surface area contributed by atoms with Gasteiger partial charge in [0.1, 0.15) is 5.69 Å². The fourth-order valence-electron chi connectivity index (χ4n) is 1.78. The lowest BCUT2D eigenvalue weighted by Crippen LogP contribution is -2.22. The Labute approximate surface area is 105 Å². The van der Waals surface area contributed by atoms with Gasteiger partial charge in [-0.25, -0.2) is 0 Å². The second kappa shape index (κ2) is 4.61. The van der Waals surface area contributed by atoms with Crippen LogP contribution < -0.4 is 4.87 Å². The van der Waals surface area contributed by atoms with Gasteiger partial charge in [0, 0.05) is 4.88 Å². The zero-order valence-electron chi connectivity index (χ0n) is 9.49. The number of aromatic nitrogens is 1. The van der Waals surface area contributed by atoms with Crippen LogP contribution in [0.2, 0.25) is 0 Å². The van der Waals surface area contributed by atoms with Crippen LogP contribution in [0.4, 0.5) is 13.2 Å². The van der Waals surface area contributed by atoms with Crippen LogP contribution >= 0.6 is 11.3 Å². The molecule has 1 aromatic carbocycles. The van der Waals surface area contributed by atoms with Crippen molar-refractivity contribution in [3.8, 4) is 0 Å². The van der Waals surface area contributed by atoms with Gasteiger partial charge in [0.25, 0.3) is 0 Å². The Bertz CT molecular complexity index is 598. The first-order valence-corrected chi connectivity index (χ1v) is 6.02. The number of aryl methyl sites for hydroxylation is 1. The lowest BCUT2D eigenvalue weighted by atomic mass is 10.2. The van der Waals surface area contributed by atoms with Crippen molar-refractivity contribution in [2.75, 3.05) is 0 Å². The molecule has 0 amide bonds. The highest BCUT2D eigenvalue weighted by Gasteiger charge is 2.37. The monoisotopic (exact) mass is 273 g/mol. The molecule has 2 aromatic rings. The minimum atomic E-state index is -4.50. The normalized spacial score (nSPS) is 11.8. The number of thiazole rings is 1. The van der Waals surface area contributed by atoms with Crippen LogP contribution in [0.15, 0.2) is 35.1 Å². The molecule has 0 aliphatic rings. The molecule has 0 unspecified atom stereocenters. The quantitative estimate of drug-likeness (QED) is 0.823. The van der Waals surface area contributed by atoms with E-state index in [0.29, 0.717) is 16.9 Å². The van der Waals surface area contributed by atoms with Gasteiger partial charge >= 0.3 is 11.0 Å². The fraction of sp³-hybridized carbons (Fsp3) is 0.250. The summed E-state index contributed by atoms with van der Waals surface area (Å²) in [4.78, 5) is 11.0. The van der Waals surface area contributed by atoms with Crippen LogP contribution in [-0.4, -0.2) is 4.57 Å². The molecular formula is C12H10F3NOS. The predicted octanol–water partition coefficient (Wildman–Crippen LogP) is 3.29. The highest BCUT2D eigenvalue weighted by molar-refractivity contribution is 7.09. The predicted molar refractivity (Wildman–Crippen MR) is 63.9 cm³/mol. The molecule has 0 bridgehead atoms. The molecule has 2 nitrogen and oxygen atoms in total. The van der Waals surface area contributed by atoms with Crippen molar-refractivity contribution in [1.82, 2.24) is 4.57 Å². The first-order chi connectivity index (χ1) is 8.39. The Morgan fingerprint density at radius 1 is 1.22 bits per heavy atom. The van der Waals surface area contributed by atoms with E-state index in [1.807, 2.05) is 0 Å². The van der Waals surface area contributed by atoms with Gasteiger partial charge < -0.3 is 0 Å². The number of hydrogen-bond acceptors (Lipinski definition) is 2. The highest BCUT2D eigenvalue weighted by Crippen LogP contribution is 2.32. The van der Waals surface area contributed by atoms with Gasteiger partial charge in [0.05, 0.1) is 6.54 Å². The smallest absolute Gasteiger partial charge is 0.290 e. The van der Waals surface area contributed by atoms with Crippen LogP contribution in [-0.2, 0) is 12.7 Å². The van der Waals surface area contributed by atoms with E-state index in [-0.39, 0.29) is 11.4 Å². The Morgan fingerprint density at radius 2 is 1.83 bits per heavy atom. The van der Waals surface area contributed by atoms with E-state index >= 15 is 0 Å². The zero-order valence-corrected chi connectivity index (χ0v) is 10.3. The summed E-state index contributed by atoms with van der Waals surface area (Å²) in [6.07, 6.45) is -4.50. The van der Waals surface area contributed by atoms with Crippen LogP contribution in [0.1, 0.15) is 16.1 Å². The standard InChI is InChI=1S/C12H10F3NOS/c1-8-10(12(13,14)15)16(11(17)18-8)7-9-5-3-2-4-6-9/h2-6H,7H2,1H3. The van der Waals surface area contributed by atoms with Crippen LogP contribution in [0, 0.1) is 6.92 Å². The van der Waals surface area contributed by atoms with Gasteiger partial charge in [-0.05, 0) is 12.5 Å². The average Bonchev–Trinajstić information content (AvgIpc) is 2.54. The first kappa shape index (κ1) is 12.9. The molecular weight excluding hydrogens is 263 g/mol. The van der Waals surface area contributed by atoms with E-state index in [2.05, 4.69) is 0 Å². The Morgan fingerprint density at radius 3 is 2.39 bits per heavy atom. The molecule has 0 aliphatic carbocycles. The molecule has 18 heavy (non-hydrogen) atoms. The molecule has 0 saturated carbocycles. The van der Waals surface area contributed by atoms with E-state index in [4.69, 9.17) is 0 Å². The molecule has 0 spiro atoms. The topological polar surface area (TPSA) is 22.0 Å². The fourth-order valence-corrected chi connectivity index (χ4v) is 2.63. The van der Waals surface area contributed by atoms with Gasteiger partial charge in [0.15, 0.2) is 0 Å². The zero-order chi connectivity index (χ0) is 13.3. The number of rotatable bonds is 2. The van der Waals surface area contributed by atoms with Gasteiger partial charge in [-0.2, -0.15) is 13.2 Å². The lowest BCUT2D eigenvalue weighted by Gasteiger charge is -2.11. The van der Waals surface area contributed by atoms with E-state index < -0.39 is 16.7 Å². The minimum Gasteiger partial charge on any atom is -0.290 e. The third kappa shape index (κ3) is 2.48. The van der Waals surface area contributed by atoms with Gasteiger partial charge in [-0.15, -0.1) is 0 Å². The minimum absolute atomic E-state index is 0.00318. The molecule has 0 radical (unpaired) electrons. The Balaban J connectivity index is 2.49. The summed E-state index contributed by atoms with van der Waals surface area (Å²) in [6, 6.07) is 8.62. The highest BCUT2D eigenvalue weighted by atomic mass is 32.1. The summed E-state index contributed by atoms with van der Waals surface area (Å²) in [5.41, 5.74) is -0.177. The second-order valence-corrected chi connectivity index (χ2v) is 5.01. The van der Waals surface area contributed by atoms with Crippen molar-refractivity contribution in [1.29, 1.82) is 0 Å². The van der Waals surface area contributed by atoms with Crippen molar-refractivity contribution >= 4 is 11.3 Å². The molecule has 2 rings (SSSR count). The maximum absolute atomic E-state index is 12.9. The molecule has 0 atom stereocenters. The maximum Gasteiger partial charge on any atom is 0.432 e. The summed E-state index contributed by atoms with van der Waals surface area (Å²) in [7, 11) is 0. The van der Waals surface area contributed by atoms with Crippen LogP contribution in [0.25, 0.3) is 0 Å². The third-order valence-electron chi connectivity index (χ3n) is 2.52. The number of benzene rings is 1. The summed E-state index contributed by atoms with van der Waals surface area (Å²) >= 11 is 0.629. The van der Waals surface area contributed by atoms with E-state index in [9.17, 15) is 18.0 Å². The van der Waals surface area contributed by atoms with E-state index in [1.54, 1.807) is 30.3 Å². The van der Waals surface area contributed by atoms with Gasteiger partial charge in [-0.3, -0.25) is 9.36 Å². The summed E-state index contributed by atoms with van der Waals surface area (Å²) in [5, 5.41) is 0. The molecule has 0 fully saturated rings. The van der Waals surface area contributed by atoms with Crippen molar-refractivity contribution < 1.29 is 13.2 Å². The van der Waals surface area contributed by atoms with Crippen LogP contribution in [0.3, 0.4) is 0 Å². The maximum atomic E-state index is 12.9. The van der Waals surface area contributed by atoms with Crippen molar-refractivity contribution in [3.05, 3.63) is 56.1 Å². The SMILES string of the molecule is Cc1sc(=O)n(Cc2ccccc2)c1C(F)(F)F. The molecule has 1 heterocycles. The largest absolute Gasteiger partial charge is 0.432 e. The Kier molecular flexibility index (Phi) is 3.30. The van der Waals surface area contributed by atoms with Gasteiger partial charge in [0.2, 0.25) is 0 Å². The summed E-state index contributed by atoms with van der Waals surface area (Å²) in [5.74, 6) is 0. The molecule has 6 heteroatoms. The number of hydrogen-bond donors (Lipinski definition) is 0. The molecule has 0 saturated heterocycles. The number of halogens is 3. The molecule has 96 valence electrons. The van der Waals surface area contributed by atoms with Crippen molar-refractivity contribution in [2.24, 2.45) is 0 Å².